The molecule has 27 heavy (non-hydrogen) atoms. The molecule has 1 heterocycles. The fourth-order valence-electron chi connectivity index (χ4n) is 2.39. The first-order valence-electron chi connectivity index (χ1n) is 8.26. The van der Waals surface area contributed by atoms with E-state index in [1.807, 2.05) is 13.0 Å². The van der Waals surface area contributed by atoms with Crippen LogP contribution < -0.4 is 5.32 Å². The van der Waals surface area contributed by atoms with Crippen molar-refractivity contribution in [3.63, 3.8) is 0 Å². The number of pyridine rings is 1. The number of benzene rings is 2. The molecule has 3 aromatic rings. The Morgan fingerprint density at radius 1 is 1.07 bits per heavy atom. The van der Waals surface area contributed by atoms with E-state index in [9.17, 15) is 9.59 Å². The Bertz CT molecular complexity index is 957. The summed E-state index contributed by atoms with van der Waals surface area (Å²) >= 11 is 5.99. The Morgan fingerprint density at radius 3 is 2.52 bits per heavy atom. The number of aromatic nitrogens is 1. The van der Waals surface area contributed by atoms with Gasteiger partial charge in [0.15, 0.2) is 0 Å². The van der Waals surface area contributed by atoms with E-state index >= 15 is 0 Å². The Balaban J connectivity index is 1.58. The maximum atomic E-state index is 12.3. The smallest absolute Gasteiger partial charge is 0.340 e. The van der Waals surface area contributed by atoms with E-state index in [4.69, 9.17) is 16.3 Å². The molecule has 0 unspecified atom stereocenters. The second-order valence-corrected chi connectivity index (χ2v) is 6.34. The summed E-state index contributed by atoms with van der Waals surface area (Å²) in [6.45, 7) is 1.99. The summed E-state index contributed by atoms with van der Waals surface area (Å²) in [5.74, 6) is -0.668. The average Bonchev–Trinajstić information content (AvgIpc) is 2.70. The van der Waals surface area contributed by atoms with Crippen molar-refractivity contribution >= 4 is 29.2 Å². The van der Waals surface area contributed by atoms with Gasteiger partial charge in [-0.25, -0.2) is 4.79 Å². The Hall–Kier alpha value is -3.18. The first-order valence-corrected chi connectivity index (χ1v) is 8.64. The standard InChI is InChI=1S/C21H17ClN2O3/c1-14-11-18(8-9-19(14)22)24-20(25)16-6-4-15(5-7-16)13-27-21(26)17-3-2-10-23-12-17/h2-12H,13H2,1H3,(H,24,25). The van der Waals surface area contributed by atoms with Crippen LogP contribution in [-0.4, -0.2) is 16.9 Å². The summed E-state index contributed by atoms with van der Waals surface area (Å²) in [4.78, 5) is 28.1. The Kier molecular flexibility index (Phi) is 5.84. The number of aryl methyl sites for hydroxylation is 1. The van der Waals surface area contributed by atoms with E-state index in [2.05, 4.69) is 10.3 Å². The van der Waals surface area contributed by atoms with Gasteiger partial charge in [-0.15, -0.1) is 0 Å². The first kappa shape index (κ1) is 18.6. The lowest BCUT2D eigenvalue weighted by atomic mass is 10.1. The summed E-state index contributed by atoms with van der Waals surface area (Å²) in [5, 5.41) is 3.48. The summed E-state index contributed by atoms with van der Waals surface area (Å²) in [5.41, 5.74) is 3.25. The number of amides is 1. The van der Waals surface area contributed by atoms with Gasteiger partial charge in [0.25, 0.3) is 5.91 Å². The average molecular weight is 381 g/mol. The molecule has 0 aliphatic carbocycles. The van der Waals surface area contributed by atoms with Crippen LogP contribution in [0.5, 0.6) is 0 Å². The molecule has 0 fully saturated rings. The summed E-state index contributed by atoms with van der Waals surface area (Å²) in [7, 11) is 0. The lowest BCUT2D eigenvalue weighted by molar-refractivity contribution is 0.0472. The van der Waals surface area contributed by atoms with Crippen LogP contribution in [0.1, 0.15) is 31.8 Å². The highest BCUT2D eigenvalue weighted by Gasteiger charge is 2.09. The topological polar surface area (TPSA) is 68.3 Å². The zero-order valence-corrected chi connectivity index (χ0v) is 15.4. The van der Waals surface area contributed by atoms with Crippen molar-refractivity contribution in [2.45, 2.75) is 13.5 Å². The molecule has 0 saturated carbocycles. The van der Waals surface area contributed by atoms with E-state index in [0.717, 1.165) is 11.1 Å². The number of ether oxygens (including phenoxy) is 1. The highest BCUT2D eigenvalue weighted by molar-refractivity contribution is 6.31. The van der Waals surface area contributed by atoms with Crippen LogP contribution in [0.25, 0.3) is 0 Å². The summed E-state index contributed by atoms with van der Waals surface area (Å²) < 4.78 is 5.24. The fourth-order valence-corrected chi connectivity index (χ4v) is 2.51. The largest absolute Gasteiger partial charge is 0.457 e. The Labute approximate surface area is 162 Å². The SMILES string of the molecule is Cc1cc(NC(=O)c2ccc(COC(=O)c3cccnc3)cc2)ccc1Cl. The van der Waals surface area contributed by atoms with Crippen LogP contribution in [0.3, 0.4) is 0 Å². The van der Waals surface area contributed by atoms with Crippen LogP contribution in [0.2, 0.25) is 5.02 Å². The number of rotatable bonds is 5. The van der Waals surface area contributed by atoms with Gasteiger partial charge < -0.3 is 10.1 Å². The molecule has 1 N–H and O–H groups in total. The quantitative estimate of drug-likeness (QED) is 0.654. The molecule has 136 valence electrons. The highest BCUT2D eigenvalue weighted by Crippen LogP contribution is 2.20. The van der Waals surface area contributed by atoms with Gasteiger partial charge >= 0.3 is 5.97 Å². The fraction of sp³-hybridized carbons (Fsp3) is 0.0952. The van der Waals surface area contributed by atoms with Crippen LogP contribution >= 0.6 is 11.6 Å². The molecule has 0 aliphatic rings. The second-order valence-electron chi connectivity index (χ2n) is 5.93. The van der Waals surface area contributed by atoms with Crippen molar-refractivity contribution in [3.05, 3.63) is 94.3 Å². The predicted octanol–water partition coefficient (Wildman–Crippen LogP) is 4.65. The number of esters is 1. The lowest BCUT2D eigenvalue weighted by Crippen LogP contribution is -2.12. The Morgan fingerprint density at radius 2 is 1.85 bits per heavy atom. The maximum absolute atomic E-state index is 12.3. The van der Waals surface area contributed by atoms with E-state index in [-0.39, 0.29) is 12.5 Å². The number of carbonyl (C=O) groups is 2. The van der Waals surface area contributed by atoms with Crippen molar-refractivity contribution in [2.24, 2.45) is 0 Å². The van der Waals surface area contributed by atoms with E-state index in [1.54, 1.807) is 54.7 Å². The number of nitrogens with zero attached hydrogens (tertiary/aromatic N) is 1. The van der Waals surface area contributed by atoms with Crippen molar-refractivity contribution in [1.29, 1.82) is 0 Å². The number of hydrogen-bond donors (Lipinski definition) is 1. The third kappa shape index (κ3) is 4.92. The number of nitrogens with one attached hydrogen (secondary N) is 1. The van der Waals surface area contributed by atoms with Crippen LogP contribution in [-0.2, 0) is 11.3 Å². The molecule has 2 aromatic carbocycles. The molecule has 3 rings (SSSR count). The molecule has 0 aliphatic heterocycles. The predicted molar refractivity (Wildman–Crippen MR) is 104 cm³/mol. The van der Waals surface area contributed by atoms with Gasteiger partial charge in [-0.1, -0.05) is 23.7 Å². The molecule has 0 bridgehead atoms. The van der Waals surface area contributed by atoms with Crippen LogP contribution in [0.15, 0.2) is 67.0 Å². The zero-order chi connectivity index (χ0) is 19.2. The van der Waals surface area contributed by atoms with Gasteiger partial charge in [0, 0.05) is 28.7 Å². The van der Waals surface area contributed by atoms with Gasteiger partial charge in [-0.05, 0) is 60.5 Å². The molecule has 0 spiro atoms. The maximum Gasteiger partial charge on any atom is 0.340 e. The van der Waals surface area contributed by atoms with E-state index in [0.29, 0.717) is 21.8 Å². The number of carbonyl (C=O) groups excluding carboxylic acids is 2. The van der Waals surface area contributed by atoms with Gasteiger partial charge in [-0.3, -0.25) is 9.78 Å². The van der Waals surface area contributed by atoms with E-state index < -0.39 is 5.97 Å². The first-order chi connectivity index (χ1) is 13.0. The molecule has 1 amide bonds. The minimum atomic E-state index is -0.442. The molecular formula is C21H17ClN2O3. The van der Waals surface area contributed by atoms with Gasteiger partial charge in [0.1, 0.15) is 6.61 Å². The van der Waals surface area contributed by atoms with E-state index in [1.165, 1.54) is 6.20 Å². The molecule has 1 aromatic heterocycles. The monoisotopic (exact) mass is 380 g/mol. The third-order valence-electron chi connectivity index (χ3n) is 3.90. The minimum Gasteiger partial charge on any atom is -0.457 e. The molecular weight excluding hydrogens is 364 g/mol. The lowest BCUT2D eigenvalue weighted by Gasteiger charge is -2.08. The van der Waals surface area contributed by atoms with Crippen molar-refractivity contribution in [1.82, 2.24) is 4.98 Å². The second kappa shape index (κ2) is 8.47. The minimum absolute atomic E-state index is 0.117. The van der Waals surface area contributed by atoms with Gasteiger partial charge in [-0.2, -0.15) is 0 Å². The molecule has 0 saturated heterocycles. The zero-order valence-electron chi connectivity index (χ0n) is 14.6. The molecule has 0 radical (unpaired) electrons. The van der Waals surface area contributed by atoms with Gasteiger partial charge in [0.05, 0.1) is 5.56 Å². The number of anilines is 1. The van der Waals surface area contributed by atoms with Crippen LogP contribution in [0.4, 0.5) is 5.69 Å². The summed E-state index contributed by atoms with van der Waals surface area (Å²) in [6, 6.07) is 15.5. The van der Waals surface area contributed by atoms with Crippen molar-refractivity contribution in [3.8, 4) is 0 Å². The molecule has 5 nitrogen and oxygen atoms in total. The highest BCUT2D eigenvalue weighted by atomic mass is 35.5. The third-order valence-corrected chi connectivity index (χ3v) is 4.32. The molecule has 0 atom stereocenters. The van der Waals surface area contributed by atoms with Gasteiger partial charge in [0.2, 0.25) is 0 Å². The summed E-state index contributed by atoms with van der Waals surface area (Å²) in [6.07, 6.45) is 3.04. The normalized spacial score (nSPS) is 10.3. The number of hydrogen-bond acceptors (Lipinski definition) is 4. The van der Waals surface area contributed by atoms with Crippen molar-refractivity contribution in [2.75, 3.05) is 5.32 Å². The van der Waals surface area contributed by atoms with Crippen molar-refractivity contribution < 1.29 is 14.3 Å². The molecule has 6 heteroatoms. The van der Waals surface area contributed by atoms with Crippen LogP contribution in [0, 0.1) is 6.92 Å². The number of halogens is 1.